The Morgan fingerprint density at radius 3 is 2.71 bits per heavy atom. The summed E-state index contributed by atoms with van der Waals surface area (Å²) >= 11 is 12.2. The van der Waals surface area contributed by atoms with E-state index in [-0.39, 0.29) is 10.6 Å². The van der Waals surface area contributed by atoms with Crippen molar-refractivity contribution in [2.24, 2.45) is 0 Å². The lowest BCUT2D eigenvalue weighted by atomic mass is 10.4. The van der Waals surface area contributed by atoms with Crippen molar-refractivity contribution >= 4 is 49.4 Å². The van der Waals surface area contributed by atoms with Crippen LogP contribution in [0.15, 0.2) is 21.5 Å². The van der Waals surface area contributed by atoms with Crippen LogP contribution in [0.5, 0.6) is 0 Å². The Kier molecular flexibility index (Phi) is 3.40. The lowest BCUT2D eigenvalue weighted by Crippen LogP contribution is -2.01. The SMILES string of the molecule is O=[N+]([O-])c1nc(Br)n(-c2ncc(Br)cc2Cl)n1. The van der Waals surface area contributed by atoms with Crippen LogP contribution in [0, 0.1) is 10.1 Å². The van der Waals surface area contributed by atoms with Gasteiger partial charge in [0.05, 0.1) is 5.02 Å². The number of pyridine rings is 1. The van der Waals surface area contributed by atoms with E-state index in [1.54, 1.807) is 6.07 Å². The van der Waals surface area contributed by atoms with Gasteiger partial charge in [0.15, 0.2) is 5.82 Å². The molecule has 88 valence electrons. The molecular weight excluding hydrogens is 381 g/mol. The highest BCUT2D eigenvalue weighted by atomic mass is 79.9. The summed E-state index contributed by atoms with van der Waals surface area (Å²) < 4.78 is 1.99. The Morgan fingerprint density at radius 1 is 1.47 bits per heavy atom. The molecule has 0 saturated heterocycles. The molecule has 2 aromatic rings. The molecule has 0 aliphatic carbocycles. The van der Waals surface area contributed by atoms with E-state index in [1.807, 2.05) is 0 Å². The van der Waals surface area contributed by atoms with Gasteiger partial charge in [-0.3, -0.25) is 0 Å². The molecule has 0 unspecified atom stereocenters. The van der Waals surface area contributed by atoms with Gasteiger partial charge >= 0.3 is 5.95 Å². The van der Waals surface area contributed by atoms with E-state index in [9.17, 15) is 10.1 Å². The predicted octanol–water partition coefficient (Wildman–Crippen LogP) is 2.75. The number of aromatic nitrogens is 4. The van der Waals surface area contributed by atoms with Crippen molar-refractivity contribution in [1.82, 2.24) is 19.7 Å². The molecule has 0 saturated carbocycles. The predicted molar refractivity (Wildman–Crippen MR) is 66.2 cm³/mol. The van der Waals surface area contributed by atoms with Crippen molar-refractivity contribution in [1.29, 1.82) is 0 Å². The zero-order valence-electron chi connectivity index (χ0n) is 7.84. The van der Waals surface area contributed by atoms with Gasteiger partial charge in [-0.15, -0.1) is 4.68 Å². The first kappa shape index (κ1) is 12.4. The van der Waals surface area contributed by atoms with E-state index in [1.165, 1.54) is 6.20 Å². The lowest BCUT2D eigenvalue weighted by molar-refractivity contribution is -0.394. The Morgan fingerprint density at radius 2 is 2.18 bits per heavy atom. The Balaban J connectivity index is 2.56. The summed E-state index contributed by atoms with van der Waals surface area (Å²) in [6, 6.07) is 1.60. The van der Waals surface area contributed by atoms with Crippen molar-refractivity contribution < 1.29 is 4.92 Å². The van der Waals surface area contributed by atoms with Crippen LogP contribution in [0.4, 0.5) is 5.95 Å². The number of nitro groups is 1. The largest absolute Gasteiger partial charge is 0.492 e. The normalized spacial score (nSPS) is 10.5. The summed E-state index contributed by atoms with van der Waals surface area (Å²) in [6.07, 6.45) is 1.50. The number of hydrogen-bond donors (Lipinski definition) is 0. The van der Waals surface area contributed by atoms with E-state index in [0.717, 1.165) is 4.68 Å². The summed E-state index contributed by atoms with van der Waals surface area (Å²) in [5.74, 6) is -0.278. The second kappa shape index (κ2) is 4.67. The minimum Gasteiger partial charge on any atom is -0.390 e. The van der Waals surface area contributed by atoms with Crippen LogP contribution in [0.3, 0.4) is 0 Å². The molecule has 2 heterocycles. The molecule has 0 amide bonds. The second-order valence-corrected chi connectivity index (χ2v) is 4.84. The first-order valence-electron chi connectivity index (χ1n) is 4.07. The van der Waals surface area contributed by atoms with Crippen LogP contribution in [0.25, 0.3) is 5.82 Å². The van der Waals surface area contributed by atoms with Gasteiger partial charge in [-0.2, -0.15) is 0 Å². The molecule has 17 heavy (non-hydrogen) atoms. The van der Waals surface area contributed by atoms with Crippen LogP contribution in [0.1, 0.15) is 0 Å². The van der Waals surface area contributed by atoms with E-state index >= 15 is 0 Å². The minimum absolute atomic E-state index is 0.154. The molecule has 0 N–H and O–H groups in total. The molecule has 0 atom stereocenters. The highest BCUT2D eigenvalue weighted by Gasteiger charge is 2.22. The van der Waals surface area contributed by atoms with Crippen LogP contribution < -0.4 is 0 Å². The molecule has 0 aromatic carbocycles. The zero-order valence-corrected chi connectivity index (χ0v) is 11.8. The van der Waals surface area contributed by atoms with E-state index in [2.05, 4.69) is 46.9 Å². The third kappa shape index (κ3) is 2.45. The first-order valence-corrected chi connectivity index (χ1v) is 6.04. The van der Waals surface area contributed by atoms with Crippen LogP contribution in [-0.2, 0) is 0 Å². The average Bonchev–Trinajstić information content (AvgIpc) is 2.61. The van der Waals surface area contributed by atoms with Gasteiger partial charge in [0, 0.05) is 31.7 Å². The Labute approximate surface area is 116 Å². The maximum Gasteiger partial charge on any atom is 0.492 e. The number of halogens is 3. The smallest absolute Gasteiger partial charge is 0.390 e. The summed E-state index contributed by atoms with van der Waals surface area (Å²) in [5.41, 5.74) is 0. The minimum atomic E-state index is -0.700. The molecule has 0 aliphatic heterocycles. The van der Waals surface area contributed by atoms with E-state index in [4.69, 9.17) is 11.6 Å². The molecule has 2 rings (SSSR count). The Bertz CT molecular complexity index is 602. The third-order valence-corrected chi connectivity index (χ3v) is 2.93. The standard InChI is InChI=1S/C7H2Br2ClN5O2/c8-3-1-4(10)5(11-2-3)14-6(9)12-7(13-14)15(16)17/h1-2H. The van der Waals surface area contributed by atoms with Crippen LogP contribution in [0.2, 0.25) is 5.02 Å². The van der Waals surface area contributed by atoms with Gasteiger partial charge in [-0.05, 0) is 31.9 Å². The second-order valence-electron chi connectivity index (χ2n) is 2.81. The number of hydrogen-bond acceptors (Lipinski definition) is 5. The van der Waals surface area contributed by atoms with Crippen molar-refractivity contribution in [3.63, 3.8) is 0 Å². The van der Waals surface area contributed by atoms with Crippen LogP contribution in [-0.4, -0.2) is 24.7 Å². The lowest BCUT2D eigenvalue weighted by Gasteiger charge is -1.99. The monoisotopic (exact) mass is 381 g/mol. The highest BCUT2D eigenvalue weighted by molar-refractivity contribution is 9.10. The van der Waals surface area contributed by atoms with Gasteiger partial charge < -0.3 is 10.1 Å². The zero-order chi connectivity index (χ0) is 12.6. The molecule has 0 spiro atoms. The molecule has 2 aromatic heterocycles. The van der Waals surface area contributed by atoms with Crippen LogP contribution >= 0.6 is 43.5 Å². The maximum absolute atomic E-state index is 10.5. The fourth-order valence-corrected chi connectivity index (χ4v) is 2.17. The molecule has 0 aliphatic rings. The number of nitrogens with zero attached hydrogens (tertiary/aromatic N) is 5. The molecule has 0 fully saturated rings. The van der Waals surface area contributed by atoms with Gasteiger partial charge in [0.25, 0.3) is 4.73 Å². The molecule has 7 nitrogen and oxygen atoms in total. The van der Waals surface area contributed by atoms with Crippen molar-refractivity contribution in [3.05, 3.63) is 36.6 Å². The summed E-state index contributed by atoms with van der Waals surface area (Å²) in [6.45, 7) is 0. The topological polar surface area (TPSA) is 86.7 Å². The first-order chi connectivity index (χ1) is 7.99. The maximum atomic E-state index is 10.5. The molecular formula is C7H2Br2ClN5O2. The quantitative estimate of drug-likeness (QED) is 0.588. The number of rotatable bonds is 2. The van der Waals surface area contributed by atoms with Gasteiger partial charge in [0.1, 0.15) is 0 Å². The fraction of sp³-hybridized carbons (Fsp3) is 0. The molecule has 10 heteroatoms. The Hall–Kier alpha value is -1.06. The summed E-state index contributed by atoms with van der Waals surface area (Å²) in [4.78, 5) is 17.4. The summed E-state index contributed by atoms with van der Waals surface area (Å²) in [7, 11) is 0. The van der Waals surface area contributed by atoms with E-state index < -0.39 is 10.9 Å². The average molecular weight is 383 g/mol. The van der Waals surface area contributed by atoms with Crippen molar-refractivity contribution in [2.75, 3.05) is 0 Å². The van der Waals surface area contributed by atoms with E-state index in [0.29, 0.717) is 9.50 Å². The van der Waals surface area contributed by atoms with Gasteiger partial charge in [0.2, 0.25) is 0 Å². The fourth-order valence-electron chi connectivity index (χ4n) is 1.06. The van der Waals surface area contributed by atoms with Gasteiger partial charge in [-0.1, -0.05) is 11.6 Å². The van der Waals surface area contributed by atoms with Crippen molar-refractivity contribution in [3.8, 4) is 5.82 Å². The summed E-state index contributed by atoms with van der Waals surface area (Å²) in [5, 5.41) is 14.5. The molecule has 0 radical (unpaired) electrons. The highest BCUT2D eigenvalue weighted by Crippen LogP contribution is 2.24. The van der Waals surface area contributed by atoms with Crippen molar-refractivity contribution in [2.45, 2.75) is 0 Å². The molecule has 0 bridgehead atoms. The van der Waals surface area contributed by atoms with Gasteiger partial charge in [-0.25, -0.2) is 4.98 Å². The third-order valence-electron chi connectivity index (χ3n) is 1.71.